The van der Waals surface area contributed by atoms with E-state index in [2.05, 4.69) is 11.9 Å². The van der Waals surface area contributed by atoms with Gasteiger partial charge in [-0.2, -0.15) is 0 Å². The van der Waals surface area contributed by atoms with Crippen molar-refractivity contribution in [3.05, 3.63) is 23.9 Å². The number of pyridine rings is 1. The first-order valence-electron chi connectivity index (χ1n) is 6.09. The number of ether oxygens (including phenoxy) is 1. The Morgan fingerprint density at radius 3 is 2.62 bits per heavy atom. The van der Waals surface area contributed by atoms with Gasteiger partial charge >= 0.3 is 0 Å². The third-order valence-corrected chi connectivity index (χ3v) is 3.28. The van der Waals surface area contributed by atoms with E-state index in [0.29, 0.717) is 12.6 Å². The molecule has 0 saturated heterocycles. The Labute approximate surface area is 97.0 Å². The fourth-order valence-corrected chi connectivity index (χ4v) is 2.12. The molecule has 0 unspecified atom stereocenters. The normalized spacial score (nSPS) is 25.4. The van der Waals surface area contributed by atoms with Gasteiger partial charge in [0.25, 0.3) is 0 Å². The summed E-state index contributed by atoms with van der Waals surface area (Å²) >= 11 is 0. The van der Waals surface area contributed by atoms with E-state index in [1.54, 1.807) is 6.20 Å². The Bertz CT molecular complexity index is 315. The van der Waals surface area contributed by atoms with E-state index < -0.39 is 0 Å². The van der Waals surface area contributed by atoms with Crippen molar-refractivity contribution in [1.82, 2.24) is 4.98 Å². The Morgan fingerprint density at radius 2 is 2.06 bits per heavy atom. The summed E-state index contributed by atoms with van der Waals surface area (Å²) in [7, 11) is 0. The Hall–Kier alpha value is -1.09. The SMILES string of the molecule is CC1CCC(Oc2ccc(CN)cn2)CC1. The van der Waals surface area contributed by atoms with Crippen molar-refractivity contribution in [2.75, 3.05) is 0 Å². The molecule has 1 saturated carbocycles. The van der Waals surface area contributed by atoms with Crippen LogP contribution in [0.5, 0.6) is 5.88 Å². The second kappa shape index (κ2) is 5.30. The average molecular weight is 220 g/mol. The lowest BCUT2D eigenvalue weighted by atomic mass is 9.89. The molecule has 1 aliphatic rings. The van der Waals surface area contributed by atoms with E-state index >= 15 is 0 Å². The molecule has 0 atom stereocenters. The molecule has 1 heterocycles. The lowest BCUT2D eigenvalue weighted by molar-refractivity contribution is 0.130. The Morgan fingerprint density at radius 1 is 1.31 bits per heavy atom. The van der Waals surface area contributed by atoms with Gasteiger partial charge in [-0.3, -0.25) is 0 Å². The van der Waals surface area contributed by atoms with Gasteiger partial charge in [-0.25, -0.2) is 4.98 Å². The highest BCUT2D eigenvalue weighted by Gasteiger charge is 2.19. The maximum Gasteiger partial charge on any atom is 0.213 e. The first kappa shape index (κ1) is 11.4. The number of rotatable bonds is 3. The Kier molecular flexibility index (Phi) is 3.78. The van der Waals surface area contributed by atoms with Crippen LogP contribution in [0.15, 0.2) is 18.3 Å². The summed E-state index contributed by atoms with van der Waals surface area (Å²) in [6.07, 6.45) is 6.99. The third kappa shape index (κ3) is 2.95. The monoisotopic (exact) mass is 220 g/mol. The summed E-state index contributed by atoms with van der Waals surface area (Å²) in [6.45, 7) is 2.85. The minimum atomic E-state index is 0.354. The maximum atomic E-state index is 5.85. The van der Waals surface area contributed by atoms with Crippen molar-refractivity contribution in [2.24, 2.45) is 11.7 Å². The van der Waals surface area contributed by atoms with Crippen LogP contribution in [0, 0.1) is 5.92 Å². The van der Waals surface area contributed by atoms with Crippen molar-refractivity contribution in [1.29, 1.82) is 0 Å². The molecule has 0 amide bonds. The van der Waals surface area contributed by atoms with Gasteiger partial charge in [-0.05, 0) is 37.2 Å². The predicted octanol–water partition coefficient (Wildman–Crippen LogP) is 2.50. The van der Waals surface area contributed by atoms with Crippen LogP contribution < -0.4 is 10.5 Å². The van der Waals surface area contributed by atoms with Crippen LogP contribution in [0.1, 0.15) is 38.2 Å². The minimum Gasteiger partial charge on any atom is -0.474 e. The molecule has 1 aromatic rings. The lowest BCUT2D eigenvalue weighted by Gasteiger charge is -2.26. The van der Waals surface area contributed by atoms with Crippen molar-refractivity contribution in [3.63, 3.8) is 0 Å². The molecule has 88 valence electrons. The van der Waals surface area contributed by atoms with Crippen LogP contribution >= 0.6 is 0 Å². The molecule has 0 spiro atoms. The van der Waals surface area contributed by atoms with E-state index in [0.717, 1.165) is 30.2 Å². The molecular formula is C13H20N2O. The van der Waals surface area contributed by atoms with Gasteiger partial charge in [-0.1, -0.05) is 13.0 Å². The van der Waals surface area contributed by atoms with Crippen LogP contribution in [0.2, 0.25) is 0 Å². The predicted molar refractivity (Wildman–Crippen MR) is 64.2 cm³/mol. The molecule has 0 aromatic carbocycles. The summed E-state index contributed by atoms with van der Waals surface area (Å²) in [6, 6.07) is 3.90. The largest absolute Gasteiger partial charge is 0.474 e. The summed E-state index contributed by atoms with van der Waals surface area (Å²) in [5, 5.41) is 0. The summed E-state index contributed by atoms with van der Waals surface area (Å²) in [5.74, 6) is 1.59. The molecule has 2 rings (SSSR count). The summed E-state index contributed by atoms with van der Waals surface area (Å²) < 4.78 is 5.85. The molecule has 0 bridgehead atoms. The second-order valence-electron chi connectivity index (χ2n) is 4.71. The fourth-order valence-electron chi connectivity index (χ4n) is 2.12. The quantitative estimate of drug-likeness (QED) is 0.851. The van der Waals surface area contributed by atoms with Crippen LogP contribution in [-0.4, -0.2) is 11.1 Å². The van der Waals surface area contributed by atoms with E-state index in [9.17, 15) is 0 Å². The van der Waals surface area contributed by atoms with Crippen LogP contribution in [-0.2, 0) is 6.54 Å². The highest BCUT2D eigenvalue weighted by atomic mass is 16.5. The molecule has 3 nitrogen and oxygen atoms in total. The topological polar surface area (TPSA) is 48.1 Å². The fraction of sp³-hybridized carbons (Fsp3) is 0.615. The zero-order valence-corrected chi connectivity index (χ0v) is 9.86. The average Bonchev–Trinajstić information content (AvgIpc) is 2.33. The van der Waals surface area contributed by atoms with Gasteiger partial charge in [0.2, 0.25) is 5.88 Å². The molecule has 2 N–H and O–H groups in total. The van der Waals surface area contributed by atoms with E-state index in [1.165, 1.54) is 12.8 Å². The molecule has 16 heavy (non-hydrogen) atoms. The summed E-state index contributed by atoms with van der Waals surface area (Å²) in [4.78, 5) is 4.26. The maximum absolute atomic E-state index is 5.85. The van der Waals surface area contributed by atoms with E-state index in [1.807, 2.05) is 12.1 Å². The standard InChI is InChI=1S/C13H20N2O/c1-10-2-5-12(6-3-10)16-13-7-4-11(8-14)9-15-13/h4,7,9-10,12H,2-3,5-6,8,14H2,1H3. The van der Waals surface area contributed by atoms with Crippen molar-refractivity contribution in [3.8, 4) is 5.88 Å². The van der Waals surface area contributed by atoms with Crippen molar-refractivity contribution in [2.45, 2.75) is 45.3 Å². The van der Waals surface area contributed by atoms with Crippen molar-refractivity contribution < 1.29 is 4.74 Å². The van der Waals surface area contributed by atoms with Gasteiger partial charge in [0, 0.05) is 18.8 Å². The number of nitrogens with two attached hydrogens (primary N) is 1. The van der Waals surface area contributed by atoms with Gasteiger partial charge in [-0.15, -0.1) is 0 Å². The number of nitrogens with zero attached hydrogens (tertiary/aromatic N) is 1. The van der Waals surface area contributed by atoms with Gasteiger partial charge in [0.1, 0.15) is 6.10 Å². The zero-order chi connectivity index (χ0) is 11.4. The van der Waals surface area contributed by atoms with Gasteiger partial charge < -0.3 is 10.5 Å². The number of hydrogen-bond donors (Lipinski definition) is 1. The second-order valence-corrected chi connectivity index (χ2v) is 4.71. The van der Waals surface area contributed by atoms with Crippen molar-refractivity contribution >= 4 is 0 Å². The van der Waals surface area contributed by atoms with Gasteiger partial charge in [0.15, 0.2) is 0 Å². The summed E-state index contributed by atoms with van der Waals surface area (Å²) in [5.41, 5.74) is 6.56. The first-order valence-corrected chi connectivity index (χ1v) is 6.09. The third-order valence-electron chi connectivity index (χ3n) is 3.28. The highest BCUT2D eigenvalue weighted by Crippen LogP contribution is 2.26. The zero-order valence-electron chi connectivity index (χ0n) is 9.86. The number of hydrogen-bond acceptors (Lipinski definition) is 3. The molecule has 0 aliphatic heterocycles. The minimum absolute atomic E-state index is 0.354. The van der Waals surface area contributed by atoms with E-state index in [4.69, 9.17) is 10.5 Å². The lowest BCUT2D eigenvalue weighted by Crippen LogP contribution is -2.23. The molecule has 1 fully saturated rings. The van der Waals surface area contributed by atoms with Crippen LogP contribution in [0.4, 0.5) is 0 Å². The van der Waals surface area contributed by atoms with Gasteiger partial charge in [0.05, 0.1) is 0 Å². The smallest absolute Gasteiger partial charge is 0.213 e. The Balaban J connectivity index is 1.88. The van der Waals surface area contributed by atoms with E-state index in [-0.39, 0.29) is 0 Å². The first-order chi connectivity index (χ1) is 7.78. The highest BCUT2D eigenvalue weighted by molar-refractivity contribution is 5.17. The molecular weight excluding hydrogens is 200 g/mol. The molecule has 3 heteroatoms. The molecule has 1 aromatic heterocycles. The number of aromatic nitrogens is 1. The van der Waals surface area contributed by atoms with Crippen LogP contribution in [0.25, 0.3) is 0 Å². The van der Waals surface area contributed by atoms with Crippen LogP contribution in [0.3, 0.4) is 0 Å². The molecule has 1 aliphatic carbocycles. The molecule has 0 radical (unpaired) electrons.